The molecule has 1 radical (unpaired) electrons. The van der Waals surface area contributed by atoms with Gasteiger partial charge in [-0.2, -0.15) is 6.07 Å². The molecule has 0 aromatic heterocycles. The Labute approximate surface area is 84.6 Å². The average molecular weight is 255 g/mol. The minimum absolute atomic E-state index is 0. The van der Waals surface area contributed by atoms with Crippen molar-refractivity contribution in [1.82, 2.24) is 0 Å². The molecule has 0 spiro atoms. The summed E-state index contributed by atoms with van der Waals surface area (Å²) >= 11 is 2.98. The molecule has 11 heavy (non-hydrogen) atoms. The van der Waals surface area contributed by atoms with Crippen molar-refractivity contribution in [3.05, 3.63) is 40.7 Å². The number of aliphatic hydroxyl groups is 1. The van der Waals surface area contributed by atoms with E-state index in [1.165, 1.54) is 6.07 Å². The molecular formula is C7H5BrFOV-. The zero-order valence-electron chi connectivity index (χ0n) is 5.46. The second-order valence-corrected chi connectivity index (χ2v) is 2.63. The molecule has 0 saturated heterocycles. The molecule has 4 heteroatoms. The van der Waals surface area contributed by atoms with Crippen molar-refractivity contribution in [3.63, 3.8) is 0 Å². The number of benzene rings is 1. The largest absolute Gasteiger partial charge is 0.429 e. The van der Waals surface area contributed by atoms with Gasteiger partial charge in [0.1, 0.15) is 0 Å². The second kappa shape index (κ2) is 4.83. The summed E-state index contributed by atoms with van der Waals surface area (Å²) in [5, 5.41) is 8.46. The fraction of sp³-hybridized carbons (Fsp3) is 0. The minimum Gasteiger partial charge on any atom is -0.429 e. The predicted octanol–water partition coefficient (Wildman–Crippen LogP) is 2.47. The molecule has 0 unspecified atom stereocenters. The zero-order valence-corrected chi connectivity index (χ0v) is 8.44. The van der Waals surface area contributed by atoms with Gasteiger partial charge in [-0.25, -0.2) is 0 Å². The van der Waals surface area contributed by atoms with E-state index in [-0.39, 0.29) is 24.1 Å². The zero-order chi connectivity index (χ0) is 7.56. The van der Waals surface area contributed by atoms with Gasteiger partial charge in [0.15, 0.2) is 0 Å². The molecule has 0 aliphatic rings. The van der Waals surface area contributed by atoms with E-state index in [0.29, 0.717) is 4.47 Å². The molecule has 0 atom stereocenters. The van der Waals surface area contributed by atoms with E-state index in [9.17, 15) is 4.39 Å². The number of halogens is 2. The molecule has 0 amide bonds. The molecule has 1 aromatic carbocycles. The predicted molar refractivity (Wildman–Crippen MR) is 39.4 cm³/mol. The Morgan fingerprint density at radius 2 is 2.09 bits per heavy atom. The van der Waals surface area contributed by atoms with Gasteiger partial charge in [0.25, 0.3) is 0 Å². The Bertz CT molecular complexity index is 242. The van der Waals surface area contributed by atoms with Crippen LogP contribution in [-0.4, -0.2) is 5.11 Å². The van der Waals surface area contributed by atoms with Gasteiger partial charge in [-0.15, -0.1) is 11.6 Å². The van der Waals surface area contributed by atoms with Gasteiger partial charge >= 0.3 is 0 Å². The summed E-state index contributed by atoms with van der Waals surface area (Å²) < 4.78 is 13.1. The summed E-state index contributed by atoms with van der Waals surface area (Å²) in [5.41, 5.74) is 0.189. The summed E-state index contributed by atoms with van der Waals surface area (Å²) in [6.07, 6.45) is 0. The Kier molecular flexibility index (Phi) is 4.85. The fourth-order valence-electron chi connectivity index (χ4n) is 0.620. The van der Waals surface area contributed by atoms with Crippen molar-refractivity contribution in [3.8, 4) is 0 Å². The van der Waals surface area contributed by atoms with Crippen molar-refractivity contribution in [2.24, 2.45) is 0 Å². The van der Waals surface area contributed by atoms with Crippen molar-refractivity contribution in [2.75, 3.05) is 0 Å². The molecule has 1 N–H and O–H groups in total. The first-order valence-electron chi connectivity index (χ1n) is 2.67. The Morgan fingerprint density at radius 1 is 1.45 bits per heavy atom. The van der Waals surface area contributed by atoms with Gasteiger partial charge in [0.05, 0.1) is 0 Å². The van der Waals surface area contributed by atoms with E-state index in [1.54, 1.807) is 12.1 Å². The third-order valence-corrected chi connectivity index (χ3v) is 1.73. The third kappa shape index (κ3) is 2.53. The topological polar surface area (TPSA) is 20.2 Å². The molecule has 1 rings (SSSR count). The van der Waals surface area contributed by atoms with Gasteiger partial charge in [-0.05, 0) is 4.47 Å². The maximum atomic E-state index is 12.8. The van der Waals surface area contributed by atoms with Crippen molar-refractivity contribution in [2.45, 2.75) is 0 Å². The van der Waals surface area contributed by atoms with Gasteiger partial charge < -0.3 is 5.11 Å². The van der Waals surface area contributed by atoms with E-state index in [0.717, 1.165) is 6.61 Å². The van der Waals surface area contributed by atoms with Crippen LogP contribution in [0.15, 0.2) is 22.7 Å². The van der Waals surface area contributed by atoms with Crippen LogP contribution in [0.4, 0.5) is 4.39 Å². The van der Waals surface area contributed by atoms with Crippen LogP contribution >= 0.6 is 15.9 Å². The van der Waals surface area contributed by atoms with E-state index in [1.807, 2.05) is 0 Å². The minimum atomic E-state index is -0.440. The standard InChI is InChI=1S/C7H5BrFO.V/c8-6-3-1-2-5(4-10)7(6)9;/h1-4,10H;/q-1;. The smallest absolute Gasteiger partial charge is 0.0322 e. The van der Waals surface area contributed by atoms with Gasteiger partial charge in [0.2, 0.25) is 0 Å². The molecule has 1 nitrogen and oxygen atoms in total. The molecule has 0 aliphatic heterocycles. The number of aliphatic hydroxyl groups excluding tert-OH is 1. The third-order valence-electron chi connectivity index (χ3n) is 1.12. The SMILES string of the molecule is O[CH-]c1cccc(Br)c1F.[V]. The van der Waals surface area contributed by atoms with Gasteiger partial charge in [-0.1, -0.05) is 28.6 Å². The number of rotatable bonds is 1. The summed E-state index contributed by atoms with van der Waals surface area (Å²) in [7, 11) is 0. The molecule has 0 aliphatic carbocycles. The summed E-state index contributed by atoms with van der Waals surface area (Å²) in [6, 6.07) is 4.71. The van der Waals surface area contributed by atoms with Crippen LogP contribution in [0.5, 0.6) is 0 Å². The van der Waals surface area contributed by atoms with Crippen molar-refractivity contribution < 1.29 is 28.1 Å². The summed E-state index contributed by atoms with van der Waals surface area (Å²) in [6.45, 7) is 0.736. The van der Waals surface area contributed by atoms with Crippen molar-refractivity contribution >= 4 is 15.9 Å². The second-order valence-electron chi connectivity index (χ2n) is 1.77. The monoisotopic (exact) mass is 254 g/mol. The maximum absolute atomic E-state index is 12.8. The van der Waals surface area contributed by atoms with Gasteiger partial charge in [-0.3, -0.25) is 4.39 Å². The van der Waals surface area contributed by atoms with E-state index < -0.39 is 5.82 Å². The molecule has 0 heterocycles. The molecule has 59 valence electrons. The van der Waals surface area contributed by atoms with Crippen molar-refractivity contribution in [1.29, 1.82) is 0 Å². The normalized spacial score (nSPS) is 8.64. The first-order valence-corrected chi connectivity index (χ1v) is 3.46. The summed E-state index contributed by atoms with van der Waals surface area (Å²) in [5.74, 6) is -0.440. The van der Waals surface area contributed by atoms with Crippen LogP contribution < -0.4 is 0 Å². The first kappa shape index (κ1) is 11.0. The average Bonchev–Trinajstić information content (AvgIpc) is 1.95. The fourth-order valence-corrected chi connectivity index (χ4v) is 1.00. The molecular weight excluding hydrogens is 250 g/mol. The van der Waals surface area contributed by atoms with Gasteiger partial charge in [0, 0.05) is 24.4 Å². The van der Waals surface area contributed by atoms with E-state index in [2.05, 4.69) is 15.9 Å². The summed E-state index contributed by atoms with van der Waals surface area (Å²) in [4.78, 5) is 0. The first-order chi connectivity index (χ1) is 4.75. The van der Waals surface area contributed by atoms with Crippen LogP contribution in [-0.2, 0) is 18.6 Å². The van der Waals surface area contributed by atoms with Crippen LogP contribution in [0.25, 0.3) is 0 Å². The quantitative estimate of drug-likeness (QED) is 0.764. The number of hydrogen-bond donors (Lipinski definition) is 1. The Morgan fingerprint density at radius 3 is 2.55 bits per heavy atom. The van der Waals surface area contributed by atoms with Crippen LogP contribution in [0.2, 0.25) is 0 Å². The molecule has 1 aromatic rings. The number of hydrogen-bond acceptors (Lipinski definition) is 1. The van der Waals surface area contributed by atoms with Crippen LogP contribution in [0, 0.1) is 12.4 Å². The maximum Gasteiger partial charge on any atom is 0.0322 e. The van der Waals surface area contributed by atoms with Crippen LogP contribution in [0.1, 0.15) is 5.56 Å². The molecule has 0 fully saturated rings. The van der Waals surface area contributed by atoms with E-state index >= 15 is 0 Å². The molecule has 0 saturated carbocycles. The Hall–Kier alpha value is 0.0444. The van der Waals surface area contributed by atoms with Crippen LogP contribution in [0.3, 0.4) is 0 Å². The Balaban J connectivity index is 0.000001000. The van der Waals surface area contributed by atoms with E-state index in [4.69, 9.17) is 5.11 Å². The molecule has 0 bridgehead atoms.